The second-order valence-electron chi connectivity index (χ2n) is 13.0. The molecule has 0 aliphatic rings. The van der Waals surface area contributed by atoms with Gasteiger partial charge in [0.2, 0.25) is 0 Å². The van der Waals surface area contributed by atoms with E-state index in [1.54, 1.807) is 0 Å². The van der Waals surface area contributed by atoms with Crippen LogP contribution in [0.2, 0.25) is 0 Å². The minimum Gasteiger partial charge on any atom is -0.469 e. The van der Waals surface area contributed by atoms with Crippen molar-refractivity contribution in [1.29, 1.82) is 0 Å². The van der Waals surface area contributed by atoms with Gasteiger partial charge in [0, 0.05) is 23.7 Å². The van der Waals surface area contributed by atoms with E-state index in [2.05, 4.69) is 75.3 Å². The smallest absolute Gasteiger partial charge is 0.305 e. The normalized spacial score (nSPS) is 12.9. The molecule has 6 nitrogen and oxygen atoms in total. The summed E-state index contributed by atoms with van der Waals surface area (Å²) in [6.45, 7) is 4.36. The summed E-state index contributed by atoms with van der Waals surface area (Å²) < 4.78 is 14.6. The van der Waals surface area contributed by atoms with Crippen LogP contribution in [0.15, 0.2) is 48.6 Å². The van der Waals surface area contributed by atoms with Gasteiger partial charge in [0.05, 0.1) is 26.4 Å². The largest absolute Gasteiger partial charge is 0.469 e. The van der Waals surface area contributed by atoms with E-state index in [0.717, 1.165) is 77.0 Å². The van der Waals surface area contributed by atoms with Crippen molar-refractivity contribution in [2.75, 3.05) is 14.2 Å². The van der Waals surface area contributed by atoms with Crippen LogP contribution in [0, 0.1) is 0 Å². The third-order valence-electron chi connectivity index (χ3n) is 8.35. The van der Waals surface area contributed by atoms with E-state index in [-0.39, 0.29) is 25.6 Å². The van der Waals surface area contributed by atoms with Crippen LogP contribution in [-0.2, 0) is 23.6 Å². The molecule has 288 valence electrons. The first-order chi connectivity index (χ1) is 23.9. The Labute approximate surface area is 306 Å². The lowest BCUT2D eigenvalue weighted by Gasteiger charge is -2.09. The Kier molecular flexibility index (Phi) is 42.7. The molecule has 0 saturated heterocycles. The van der Waals surface area contributed by atoms with Gasteiger partial charge in [-0.05, 0) is 89.9 Å². The van der Waals surface area contributed by atoms with E-state index in [1.165, 1.54) is 91.3 Å². The number of hydrogen-bond acceptors (Lipinski definition) is 6. The maximum Gasteiger partial charge on any atom is 0.305 e. The van der Waals surface area contributed by atoms with Gasteiger partial charge in [-0.1, -0.05) is 127 Å². The zero-order chi connectivity index (χ0) is 36.5. The number of esters is 2. The molecular formula is C42H79O6P. The quantitative estimate of drug-likeness (QED) is 0.0316. The highest BCUT2D eigenvalue weighted by atomic mass is 31.0. The molecule has 49 heavy (non-hydrogen) atoms. The Morgan fingerprint density at radius 1 is 0.551 bits per heavy atom. The Bertz CT molecular complexity index is 829. The van der Waals surface area contributed by atoms with Crippen molar-refractivity contribution in [3.8, 4) is 0 Å². The summed E-state index contributed by atoms with van der Waals surface area (Å²) in [6.07, 6.45) is 46.3. The summed E-state index contributed by atoms with van der Waals surface area (Å²) in [5.41, 5.74) is 0. The van der Waals surface area contributed by atoms with Crippen LogP contribution < -0.4 is 0 Å². The Hall–Kier alpha value is -1.75. The number of ether oxygens (including phenoxy) is 2. The third kappa shape index (κ3) is 42.3. The predicted octanol–water partition coefficient (Wildman–Crippen LogP) is 12.5. The van der Waals surface area contributed by atoms with Gasteiger partial charge < -0.3 is 19.1 Å². The van der Waals surface area contributed by atoms with E-state index in [0.29, 0.717) is 12.8 Å². The van der Waals surface area contributed by atoms with E-state index in [4.69, 9.17) is 4.52 Å². The van der Waals surface area contributed by atoms with E-state index in [9.17, 15) is 14.7 Å². The van der Waals surface area contributed by atoms with Crippen molar-refractivity contribution in [2.45, 2.75) is 193 Å². The predicted molar refractivity (Wildman–Crippen MR) is 215 cm³/mol. The summed E-state index contributed by atoms with van der Waals surface area (Å²) in [6, 6.07) is 0. The number of carbonyl (C=O) groups is 2. The molecule has 0 saturated carbocycles. The molecule has 3 atom stereocenters. The minimum atomic E-state index is -0.246. The number of aliphatic hydroxyl groups excluding tert-OH is 1. The lowest BCUT2D eigenvalue weighted by Crippen LogP contribution is -2.02. The Balaban J connectivity index is -0.000000867. The van der Waals surface area contributed by atoms with E-state index < -0.39 is 0 Å². The number of allylic oxidation sites excluding steroid dienone is 6. The molecule has 0 heterocycles. The molecule has 0 radical (unpaired) electrons. The summed E-state index contributed by atoms with van der Waals surface area (Å²) in [7, 11) is 5.26. The molecule has 0 bridgehead atoms. The van der Waals surface area contributed by atoms with Gasteiger partial charge in [-0.2, -0.15) is 0 Å². The average Bonchev–Trinajstić information content (AvgIpc) is 3.12. The van der Waals surface area contributed by atoms with Crippen LogP contribution in [0.3, 0.4) is 0 Å². The van der Waals surface area contributed by atoms with Crippen molar-refractivity contribution in [2.24, 2.45) is 0 Å². The first-order valence-corrected chi connectivity index (χ1v) is 20.2. The molecule has 0 aromatic rings. The van der Waals surface area contributed by atoms with Gasteiger partial charge in [0.15, 0.2) is 0 Å². The van der Waals surface area contributed by atoms with Crippen LogP contribution in [0.5, 0.6) is 0 Å². The maximum atomic E-state index is 10.9. The summed E-state index contributed by atoms with van der Waals surface area (Å²) in [5.74, 6) is -0.227. The molecule has 0 aliphatic heterocycles. The topological polar surface area (TPSA) is 82.1 Å². The molecule has 7 heteroatoms. The highest BCUT2D eigenvalue weighted by molar-refractivity contribution is 7.09. The number of rotatable bonds is 33. The standard InChI is InChI=1S/C21H39O3P.C21H38O3.H2/c1-3-4-17-20(24-25)18-15-13-11-9-7-5-6-8-10-12-14-16-19-21(22)23-2;1-3-4-17-20(22)18-15-13-11-9-7-5-6-8-10-12-14-16-19-21(23)24-2;/h10,12,15,18,20H,3-9,11,13-14,16-17,19,25H2,1-2H3;10,12,15,18,20,22H,3-9,11,13-14,16-17,19H2,1-2H3;1H/b2*12-10-,18-15-;/i;;1+2. The van der Waals surface area contributed by atoms with Crippen LogP contribution in [0.4, 0.5) is 0 Å². The molecule has 0 amide bonds. The zero-order valence-electron chi connectivity index (χ0n) is 32.2. The average molecular weight is 713 g/mol. The molecule has 0 aromatic heterocycles. The second kappa shape index (κ2) is 42.4. The van der Waals surface area contributed by atoms with Gasteiger partial charge in [-0.25, -0.2) is 0 Å². The maximum absolute atomic E-state index is 10.9. The monoisotopic (exact) mass is 713 g/mol. The number of methoxy groups -OCH3 is 2. The minimum absolute atomic E-state index is 0. The van der Waals surface area contributed by atoms with Gasteiger partial charge in [-0.3, -0.25) is 9.59 Å². The molecular weight excluding hydrogens is 631 g/mol. The molecule has 0 fully saturated rings. The Morgan fingerprint density at radius 3 is 1.33 bits per heavy atom. The van der Waals surface area contributed by atoms with Gasteiger partial charge in [0.25, 0.3) is 0 Å². The first kappa shape index (κ1) is 49.4. The Morgan fingerprint density at radius 2 is 0.918 bits per heavy atom. The summed E-state index contributed by atoms with van der Waals surface area (Å²) in [4.78, 5) is 21.9. The number of hydrogen-bond donors (Lipinski definition) is 1. The van der Waals surface area contributed by atoms with Crippen LogP contribution in [0.25, 0.3) is 0 Å². The second-order valence-corrected chi connectivity index (χ2v) is 13.2. The molecule has 0 spiro atoms. The SMILES string of the molecule is CCCCC(/C=C\CCCCCCC/C=C\CCCC(=O)OC)OP.CCCCC(O)/C=C\CCCCCCC/C=C\CCCC(=O)OC.[3HH]. The summed E-state index contributed by atoms with van der Waals surface area (Å²) in [5, 5.41) is 9.68. The van der Waals surface area contributed by atoms with Crippen LogP contribution >= 0.6 is 9.47 Å². The van der Waals surface area contributed by atoms with Crippen molar-refractivity contribution < 1.29 is 30.1 Å². The molecule has 0 rings (SSSR count). The van der Waals surface area contributed by atoms with Gasteiger partial charge in [-0.15, -0.1) is 0 Å². The molecule has 1 N–H and O–H groups in total. The number of carbonyl (C=O) groups excluding carboxylic acids is 2. The molecule has 0 aliphatic carbocycles. The fourth-order valence-electron chi connectivity index (χ4n) is 5.14. The van der Waals surface area contributed by atoms with Crippen LogP contribution in [-0.4, -0.2) is 43.5 Å². The number of aliphatic hydroxyl groups is 1. The third-order valence-corrected chi connectivity index (χ3v) is 8.70. The van der Waals surface area contributed by atoms with Crippen molar-refractivity contribution in [3.05, 3.63) is 48.6 Å². The fourth-order valence-corrected chi connectivity index (χ4v) is 5.37. The first-order valence-electron chi connectivity index (χ1n) is 19.7. The zero-order valence-corrected chi connectivity index (χ0v) is 33.4. The van der Waals surface area contributed by atoms with Gasteiger partial charge in [0.1, 0.15) is 0 Å². The van der Waals surface area contributed by atoms with Crippen molar-refractivity contribution in [3.63, 3.8) is 0 Å². The van der Waals surface area contributed by atoms with E-state index in [1.807, 2.05) is 6.08 Å². The highest BCUT2D eigenvalue weighted by Crippen LogP contribution is 2.13. The fraction of sp³-hybridized carbons (Fsp3) is 0.762. The molecule has 0 aromatic carbocycles. The van der Waals surface area contributed by atoms with Gasteiger partial charge >= 0.3 is 11.9 Å². The van der Waals surface area contributed by atoms with Crippen molar-refractivity contribution >= 4 is 21.4 Å². The van der Waals surface area contributed by atoms with Crippen molar-refractivity contribution in [1.82, 2.24) is 0 Å². The highest BCUT2D eigenvalue weighted by Gasteiger charge is 2.01. The lowest BCUT2D eigenvalue weighted by atomic mass is 10.1. The van der Waals surface area contributed by atoms with E-state index >= 15 is 0 Å². The van der Waals surface area contributed by atoms with Crippen LogP contribution in [0.1, 0.15) is 182 Å². The summed E-state index contributed by atoms with van der Waals surface area (Å²) >= 11 is 0. The number of unbranched alkanes of at least 4 members (excludes halogenated alkanes) is 16. The molecule has 3 unspecified atom stereocenters. The lowest BCUT2D eigenvalue weighted by molar-refractivity contribution is -0.141.